The van der Waals surface area contributed by atoms with Crippen molar-refractivity contribution < 1.29 is 5.11 Å². The average molecular weight is 304 g/mol. The fourth-order valence-corrected chi connectivity index (χ4v) is 2.44. The van der Waals surface area contributed by atoms with Crippen LogP contribution in [0.4, 0.5) is 0 Å². The zero-order chi connectivity index (χ0) is 12.7. The number of rotatable bonds is 1. The maximum atomic E-state index is 9.88. The standard InChI is InChI=1S/C13H10BrN3O/c1-8-7-10(18)17-13(15-8)11(14)12(16-17)9-5-3-2-4-6-9/h2-7,18H,1H3. The number of nitrogens with zero attached hydrogens (tertiary/aromatic N) is 3. The Hall–Kier alpha value is -1.88. The van der Waals surface area contributed by atoms with Gasteiger partial charge < -0.3 is 5.11 Å². The smallest absolute Gasteiger partial charge is 0.215 e. The molecule has 90 valence electrons. The highest BCUT2D eigenvalue weighted by molar-refractivity contribution is 9.10. The number of fused-ring (bicyclic) bond motifs is 1. The Kier molecular flexibility index (Phi) is 2.56. The topological polar surface area (TPSA) is 50.4 Å². The van der Waals surface area contributed by atoms with E-state index in [-0.39, 0.29) is 5.88 Å². The summed E-state index contributed by atoms with van der Waals surface area (Å²) >= 11 is 3.50. The van der Waals surface area contributed by atoms with Gasteiger partial charge in [0, 0.05) is 17.3 Å². The van der Waals surface area contributed by atoms with Crippen LogP contribution in [0.1, 0.15) is 5.69 Å². The summed E-state index contributed by atoms with van der Waals surface area (Å²) in [7, 11) is 0. The molecule has 2 heterocycles. The lowest BCUT2D eigenvalue weighted by atomic mass is 10.2. The molecule has 0 amide bonds. The van der Waals surface area contributed by atoms with E-state index in [2.05, 4.69) is 26.0 Å². The van der Waals surface area contributed by atoms with E-state index in [0.29, 0.717) is 5.65 Å². The minimum Gasteiger partial charge on any atom is -0.493 e. The van der Waals surface area contributed by atoms with Crippen LogP contribution in [0.25, 0.3) is 16.9 Å². The molecular weight excluding hydrogens is 294 g/mol. The molecule has 4 nitrogen and oxygen atoms in total. The van der Waals surface area contributed by atoms with Crippen molar-refractivity contribution in [2.75, 3.05) is 0 Å². The third-order valence-electron chi connectivity index (χ3n) is 2.69. The summed E-state index contributed by atoms with van der Waals surface area (Å²) in [6.45, 7) is 1.83. The maximum absolute atomic E-state index is 9.88. The minimum absolute atomic E-state index is 0.0837. The summed E-state index contributed by atoms with van der Waals surface area (Å²) in [5.74, 6) is 0.0837. The summed E-state index contributed by atoms with van der Waals surface area (Å²) in [5, 5.41) is 14.3. The van der Waals surface area contributed by atoms with Gasteiger partial charge in [-0.15, -0.1) is 0 Å². The van der Waals surface area contributed by atoms with Gasteiger partial charge in [0.1, 0.15) is 5.69 Å². The molecule has 0 radical (unpaired) electrons. The highest BCUT2D eigenvalue weighted by Gasteiger charge is 2.15. The molecule has 2 aromatic heterocycles. The SMILES string of the molecule is Cc1cc(O)n2nc(-c3ccccc3)c(Br)c2n1. The molecule has 1 N–H and O–H groups in total. The van der Waals surface area contributed by atoms with Gasteiger partial charge in [0.05, 0.1) is 4.47 Å². The Morgan fingerprint density at radius 2 is 1.94 bits per heavy atom. The minimum atomic E-state index is 0.0837. The fraction of sp³-hybridized carbons (Fsp3) is 0.0769. The molecule has 0 atom stereocenters. The van der Waals surface area contributed by atoms with Gasteiger partial charge in [-0.25, -0.2) is 4.98 Å². The lowest BCUT2D eigenvalue weighted by molar-refractivity contribution is 0.435. The molecule has 0 aliphatic rings. The van der Waals surface area contributed by atoms with Crippen molar-refractivity contribution >= 4 is 21.6 Å². The van der Waals surface area contributed by atoms with Gasteiger partial charge in [-0.2, -0.15) is 9.61 Å². The highest BCUT2D eigenvalue weighted by Crippen LogP contribution is 2.31. The van der Waals surface area contributed by atoms with Crippen molar-refractivity contribution in [1.29, 1.82) is 0 Å². The number of hydrogen-bond acceptors (Lipinski definition) is 3. The van der Waals surface area contributed by atoms with E-state index < -0.39 is 0 Å². The molecule has 3 rings (SSSR count). The Balaban J connectivity index is 2.33. The van der Waals surface area contributed by atoms with Gasteiger partial charge in [0.2, 0.25) is 5.88 Å². The second-order valence-electron chi connectivity index (χ2n) is 4.02. The van der Waals surface area contributed by atoms with Gasteiger partial charge in [0.25, 0.3) is 0 Å². The predicted molar refractivity (Wildman–Crippen MR) is 72.5 cm³/mol. The van der Waals surface area contributed by atoms with E-state index in [1.807, 2.05) is 37.3 Å². The van der Waals surface area contributed by atoms with Crippen molar-refractivity contribution in [3.05, 3.63) is 46.6 Å². The molecule has 5 heteroatoms. The number of aromatic nitrogens is 3. The first-order chi connectivity index (χ1) is 8.66. The van der Waals surface area contributed by atoms with Crippen LogP contribution in [0.5, 0.6) is 5.88 Å². The van der Waals surface area contributed by atoms with Crippen LogP contribution in [0, 0.1) is 6.92 Å². The fourth-order valence-electron chi connectivity index (χ4n) is 1.87. The largest absolute Gasteiger partial charge is 0.493 e. The zero-order valence-electron chi connectivity index (χ0n) is 9.63. The molecule has 0 unspecified atom stereocenters. The van der Waals surface area contributed by atoms with Crippen molar-refractivity contribution in [2.24, 2.45) is 0 Å². The maximum Gasteiger partial charge on any atom is 0.215 e. The van der Waals surface area contributed by atoms with E-state index in [9.17, 15) is 5.11 Å². The Bertz CT molecular complexity index is 722. The number of aromatic hydroxyl groups is 1. The predicted octanol–water partition coefficient (Wildman–Crippen LogP) is 3.17. The van der Waals surface area contributed by atoms with Crippen LogP contribution in [0.3, 0.4) is 0 Å². The van der Waals surface area contributed by atoms with E-state index >= 15 is 0 Å². The third kappa shape index (κ3) is 1.67. The lowest BCUT2D eigenvalue weighted by Gasteiger charge is -1.97. The van der Waals surface area contributed by atoms with Crippen LogP contribution in [0.2, 0.25) is 0 Å². The van der Waals surface area contributed by atoms with Gasteiger partial charge in [-0.1, -0.05) is 30.3 Å². The molecular formula is C13H10BrN3O. The summed E-state index contributed by atoms with van der Waals surface area (Å²) in [5.41, 5.74) is 3.11. The first-order valence-corrected chi connectivity index (χ1v) is 6.26. The molecule has 1 aromatic carbocycles. The summed E-state index contributed by atoms with van der Waals surface area (Å²) in [6.07, 6.45) is 0. The van der Waals surface area contributed by atoms with Crippen molar-refractivity contribution in [1.82, 2.24) is 14.6 Å². The van der Waals surface area contributed by atoms with Crippen molar-refractivity contribution in [3.63, 3.8) is 0 Å². The first-order valence-electron chi connectivity index (χ1n) is 5.47. The molecule has 0 fully saturated rings. The number of halogens is 1. The summed E-state index contributed by atoms with van der Waals surface area (Å²) in [4.78, 5) is 4.38. The van der Waals surface area contributed by atoms with Gasteiger partial charge in [-0.05, 0) is 22.9 Å². The van der Waals surface area contributed by atoms with Crippen LogP contribution >= 0.6 is 15.9 Å². The average Bonchev–Trinajstić information content (AvgIpc) is 2.69. The van der Waals surface area contributed by atoms with E-state index in [1.54, 1.807) is 6.07 Å². The molecule has 3 aromatic rings. The van der Waals surface area contributed by atoms with Crippen molar-refractivity contribution in [2.45, 2.75) is 6.92 Å². The second kappa shape index (κ2) is 4.10. The zero-order valence-corrected chi connectivity index (χ0v) is 11.2. The monoisotopic (exact) mass is 303 g/mol. The Morgan fingerprint density at radius 1 is 1.22 bits per heavy atom. The summed E-state index contributed by atoms with van der Waals surface area (Å²) in [6, 6.07) is 11.4. The molecule has 0 saturated carbocycles. The van der Waals surface area contributed by atoms with Crippen LogP contribution in [0.15, 0.2) is 40.9 Å². The second-order valence-corrected chi connectivity index (χ2v) is 4.81. The molecule has 0 aliphatic carbocycles. The van der Waals surface area contributed by atoms with Crippen LogP contribution in [-0.2, 0) is 0 Å². The van der Waals surface area contributed by atoms with Crippen LogP contribution in [-0.4, -0.2) is 19.7 Å². The Morgan fingerprint density at radius 3 is 2.67 bits per heavy atom. The molecule has 18 heavy (non-hydrogen) atoms. The van der Waals surface area contributed by atoms with Crippen LogP contribution < -0.4 is 0 Å². The van der Waals surface area contributed by atoms with E-state index in [1.165, 1.54) is 4.52 Å². The molecule has 0 bridgehead atoms. The number of hydrogen-bond donors (Lipinski definition) is 1. The quantitative estimate of drug-likeness (QED) is 0.751. The van der Waals surface area contributed by atoms with Gasteiger partial charge in [-0.3, -0.25) is 0 Å². The summed E-state index contributed by atoms with van der Waals surface area (Å²) < 4.78 is 2.21. The first kappa shape index (κ1) is 11.2. The van der Waals surface area contributed by atoms with Gasteiger partial charge >= 0.3 is 0 Å². The normalized spacial score (nSPS) is 11.0. The lowest BCUT2D eigenvalue weighted by Crippen LogP contribution is -1.93. The highest BCUT2D eigenvalue weighted by atomic mass is 79.9. The van der Waals surface area contributed by atoms with Gasteiger partial charge in [0.15, 0.2) is 5.65 Å². The number of benzene rings is 1. The third-order valence-corrected chi connectivity index (χ3v) is 3.42. The van der Waals surface area contributed by atoms with Crippen molar-refractivity contribution in [3.8, 4) is 17.1 Å². The molecule has 0 spiro atoms. The van der Waals surface area contributed by atoms with E-state index in [4.69, 9.17) is 0 Å². The molecule has 0 saturated heterocycles. The number of aryl methyl sites for hydroxylation is 1. The van der Waals surface area contributed by atoms with E-state index in [0.717, 1.165) is 21.4 Å². The molecule has 0 aliphatic heterocycles. The Labute approximate surface area is 112 Å².